The molecule has 0 aliphatic rings. The predicted octanol–water partition coefficient (Wildman–Crippen LogP) is 3.94. The van der Waals surface area contributed by atoms with Crippen LogP contribution >= 0.6 is 29.7 Å². The average Bonchev–Trinajstić information content (AvgIpc) is 2.62. The van der Waals surface area contributed by atoms with Gasteiger partial charge in [0, 0.05) is 14.2 Å². The van der Waals surface area contributed by atoms with Gasteiger partial charge < -0.3 is 9.30 Å². The number of para-hydroxylation sites is 1. The third-order valence-corrected chi connectivity index (χ3v) is 8.25. The van der Waals surface area contributed by atoms with Gasteiger partial charge in [-0.25, -0.2) is 0 Å². The molecule has 0 saturated heterocycles. The lowest BCUT2D eigenvalue weighted by molar-refractivity contribution is 0.418. The number of methoxy groups -OCH3 is 1. The molecule has 23 heavy (non-hydrogen) atoms. The Balaban J connectivity index is 2.36. The average molecular weight is 434 g/mol. The van der Waals surface area contributed by atoms with E-state index in [9.17, 15) is 4.57 Å². The van der Waals surface area contributed by atoms with Crippen LogP contribution in [0.15, 0.2) is 78.9 Å². The Labute approximate surface area is 150 Å². The lowest BCUT2D eigenvalue weighted by atomic mass is 10.3. The molecule has 0 bridgehead atoms. The summed E-state index contributed by atoms with van der Waals surface area (Å²) in [5.74, 6) is 0.652. The quantitative estimate of drug-likeness (QED) is 0.460. The van der Waals surface area contributed by atoms with Crippen LogP contribution in [-0.2, 0) is 4.57 Å². The van der Waals surface area contributed by atoms with Gasteiger partial charge in [-0.15, -0.1) is 0 Å². The molecule has 0 radical (unpaired) electrons. The zero-order chi connectivity index (χ0) is 16.3. The first-order chi connectivity index (χ1) is 11.2. The van der Waals surface area contributed by atoms with Crippen LogP contribution in [0.5, 0.6) is 5.75 Å². The Kier molecular flexibility index (Phi) is 4.88. The van der Waals surface area contributed by atoms with Gasteiger partial charge in [0.1, 0.15) is 5.75 Å². The van der Waals surface area contributed by atoms with E-state index in [1.807, 2.05) is 78.9 Å². The zero-order valence-electron chi connectivity index (χ0n) is 12.6. The number of ether oxygens (including phenoxy) is 1. The molecule has 0 N–H and O–H groups in total. The Morgan fingerprint density at radius 2 is 1.35 bits per heavy atom. The summed E-state index contributed by atoms with van der Waals surface area (Å²) >= 11 is 2.25. The third kappa shape index (κ3) is 2.96. The summed E-state index contributed by atoms with van der Waals surface area (Å²) in [6.07, 6.45) is 0. The highest BCUT2D eigenvalue weighted by Crippen LogP contribution is 2.45. The second kappa shape index (κ2) is 6.90. The summed E-state index contributed by atoms with van der Waals surface area (Å²) in [5, 5.41) is 2.39. The number of rotatable bonds is 4. The van der Waals surface area contributed by atoms with E-state index in [-0.39, 0.29) is 0 Å². The predicted molar refractivity (Wildman–Crippen MR) is 105 cm³/mol. The molecule has 0 saturated carbocycles. The van der Waals surface area contributed by atoms with E-state index in [0.717, 1.165) is 19.5 Å². The number of benzene rings is 3. The van der Waals surface area contributed by atoms with Crippen molar-refractivity contribution in [2.75, 3.05) is 7.11 Å². The van der Waals surface area contributed by atoms with Crippen LogP contribution in [-0.4, -0.2) is 7.11 Å². The molecule has 0 spiro atoms. The second-order valence-electron chi connectivity index (χ2n) is 5.07. The minimum absolute atomic E-state index is 0.652. The topological polar surface area (TPSA) is 26.3 Å². The lowest BCUT2D eigenvalue weighted by Gasteiger charge is -2.22. The van der Waals surface area contributed by atoms with Gasteiger partial charge in [0.15, 0.2) is 7.14 Å². The van der Waals surface area contributed by atoms with Crippen molar-refractivity contribution >= 4 is 45.6 Å². The standard InChI is InChI=1S/C19H16IO2P/c1-22-17-12-6-8-14-19(17)23(21,15-9-3-2-4-10-15)18-13-7-5-11-16(18)20/h2-14H,1H3/t23-/m0/s1. The number of hydrogen-bond donors (Lipinski definition) is 0. The van der Waals surface area contributed by atoms with Gasteiger partial charge in [0.2, 0.25) is 0 Å². The third-order valence-electron chi connectivity index (χ3n) is 3.74. The van der Waals surface area contributed by atoms with Gasteiger partial charge in [-0.3, -0.25) is 0 Å². The molecule has 0 aromatic heterocycles. The van der Waals surface area contributed by atoms with Crippen molar-refractivity contribution < 1.29 is 9.30 Å². The molecule has 0 aliphatic carbocycles. The zero-order valence-corrected chi connectivity index (χ0v) is 15.7. The van der Waals surface area contributed by atoms with E-state index < -0.39 is 7.14 Å². The molecule has 2 nitrogen and oxygen atoms in total. The van der Waals surface area contributed by atoms with Crippen LogP contribution in [0.3, 0.4) is 0 Å². The highest BCUT2D eigenvalue weighted by molar-refractivity contribution is 14.1. The molecular weight excluding hydrogens is 418 g/mol. The molecule has 0 amide bonds. The van der Waals surface area contributed by atoms with Gasteiger partial charge in [0.25, 0.3) is 0 Å². The van der Waals surface area contributed by atoms with E-state index >= 15 is 0 Å². The maximum atomic E-state index is 14.3. The SMILES string of the molecule is COc1ccccc1[P@](=O)(c1ccccc1)c1ccccc1I. The molecule has 3 aromatic rings. The molecule has 3 rings (SSSR count). The highest BCUT2D eigenvalue weighted by atomic mass is 127. The molecule has 1 atom stereocenters. The molecule has 3 aromatic carbocycles. The van der Waals surface area contributed by atoms with Gasteiger partial charge >= 0.3 is 0 Å². The minimum Gasteiger partial charge on any atom is -0.496 e. The number of halogens is 1. The normalized spacial score (nSPS) is 13.3. The van der Waals surface area contributed by atoms with Gasteiger partial charge in [-0.05, 0) is 46.9 Å². The van der Waals surface area contributed by atoms with Crippen molar-refractivity contribution in [2.45, 2.75) is 0 Å². The first-order valence-corrected chi connectivity index (χ1v) is 10.0. The van der Waals surface area contributed by atoms with Gasteiger partial charge in [-0.2, -0.15) is 0 Å². The number of hydrogen-bond acceptors (Lipinski definition) is 2. The van der Waals surface area contributed by atoms with Crippen LogP contribution in [0.2, 0.25) is 0 Å². The Morgan fingerprint density at radius 1 is 0.783 bits per heavy atom. The van der Waals surface area contributed by atoms with Crippen LogP contribution in [0.1, 0.15) is 0 Å². The summed E-state index contributed by atoms with van der Waals surface area (Å²) in [6.45, 7) is 0. The highest BCUT2D eigenvalue weighted by Gasteiger charge is 2.33. The van der Waals surface area contributed by atoms with E-state index in [1.54, 1.807) is 7.11 Å². The molecule has 0 heterocycles. The Morgan fingerprint density at radius 3 is 2.00 bits per heavy atom. The summed E-state index contributed by atoms with van der Waals surface area (Å²) in [6, 6.07) is 25.0. The van der Waals surface area contributed by atoms with E-state index in [4.69, 9.17) is 4.74 Å². The van der Waals surface area contributed by atoms with Gasteiger partial charge in [0.05, 0.1) is 12.4 Å². The monoisotopic (exact) mass is 434 g/mol. The van der Waals surface area contributed by atoms with Crippen molar-refractivity contribution in [2.24, 2.45) is 0 Å². The summed E-state index contributed by atoms with van der Waals surface area (Å²) in [5.41, 5.74) is 0. The summed E-state index contributed by atoms with van der Waals surface area (Å²) in [7, 11) is -1.39. The Hall–Kier alpha value is -1.58. The molecular formula is C19H16IO2P. The molecule has 0 unspecified atom stereocenters. The molecule has 0 aliphatic heterocycles. The van der Waals surface area contributed by atoms with Crippen molar-refractivity contribution in [3.05, 3.63) is 82.4 Å². The largest absolute Gasteiger partial charge is 0.496 e. The van der Waals surface area contributed by atoms with E-state index in [1.165, 1.54) is 0 Å². The van der Waals surface area contributed by atoms with Crippen LogP contribution in [0.4, 0.5) is 0 Å². The summed E-state index contributed by atoms with van der Waals surface area (Å²) < 4.78 is 20.8. The van der Waals surface area contributed by atoms with E-state index in [2.05, 4.69) is 22.6 Å². The van der Waals surface area contributed by atoms with Gasteiger partial charge in [-0.1, -0.05) is 54.6 Å². The van der Waals surface area contributed by atoms with Crippen molar-refractivity contribution in [1.29, 1.82) is 0 Å². The van der Waals surface area contributed by atoms with E-state index in [0.29, 0.717) is 5.75 Å². The van der Waals surface area contributed by atoms with Crippen molar-refractivity contribution in [3.8, 4) is 5.75 Å². The smallest absolute Gasteiger partial charge is 0.175 e. The fourth-order valence-electron chi connectivity index (χ4n) is 2.64. The van der Waals surface area contributed by atoms with Crippen LogP contribution < -0.4 is 20.7 Å². The lowest BCUT2D eigenvalue weighted by Crippen LogP contribution is -2.27. The second-order valence-corrected chi connectivity index (χ2v) is 8.93. The first kappa shape index (κ1) is 16.3. The molecule has 116 valence electrons. The van der Waals surface area contributed by atoms with Crippen molar-refractivity contribution in [3.63, 3.8) is 0 Å². The fraction of sp³-hybridized carbons (Fsp3) is 0.0526. The van der Waals surface area contributed by atoms with Crippen molar-refractivity contribution in [1.82, 2.24) is 0 Å². The van der Waals surface area contributed by atoms with Crippen LogP contribution in [0, 0.1) is 3.57 Å². The first-order valence-electron chi connectivity index (χ1n) is 7.22. The molecule has 0 fully saturated rings. The molecule has 4 heteroatoms. The minimum atomic E-state index is -3.00. The maximum absolute atomic E-state index is 14.3. The maximum Gasteiger partial charge on any atom is 0.175 e. The Bertz CT molecular complexity index is 862. The summed E-state index contributed by atoms with van der Waals surface area (Å²) in [4.78, 5) is 0. The van der Waals surface area contributed by atoms with Crippen LogP contribution in [0.25, 0.3) is 0 Å². The fourth-order valence-corrected chi connectivity index (χ4v) is 6.90.